The zero-order valence-corrected chi connectivity index (χ0v) is 9.95. The Morgan fingerprint density at radius 1 is 1.40 bits per heavy atom. The van der Waals surface area contributed by atoms with E-state index < -0.39 is 0 Å². The van der Waals surface area contributed by atoms with E-state index in [4.69, 9.17) is 10.3 Å². The molecule has 86 valence electrons. The smallest absolute Gasteiger partial charge is 0.323 e. The van der Waals surface area contributed by atoms with Gasteiger partial charge in [0.1, 0.15) is 0 Å². The van der Waals surface area contributed by atoms with Crippen molar-refractivity contribution in [3.05, 3.63) is 5.82 Å². The molecule has 0 aromatic carbocycles. The van der Waals surface area contributed by atoms with Crippen LogP contribution in [0.25, 0.3) is 0 Å². The molecule has 0 bridgehead atoms. The Labute approximate surface area is 90.6 Å². The summed E-state index contributed by atoms with van der Waals surface area (Å²) < 4.78 is 5.17. The number of hydrogen-bond donors (Lipinski definition) is 1. The van der Waals surface area contributed by atoms with Crippen LogP contribution in [-0.4, -0.2) is 30.3 Å². The first-order chi connectivity index (χ1) is 6.95. The van der Waals surface area contributed by atoms with Crippen molar-refractivity contribution in [3.8, 4) is 0 Å². The van der Waals surface area contributed by atoms with Crippen LogP contribution in [0.3, 0.4) is 0 Å². The minimum absolute atomic E-state index is 0.0730. The minimum atomic E-state index is -0.0730. The SMILES string of the molecule is CN(CCCN)c1nc(C(C)(C)C)no1. The Bertz CT molecular complexity index is 303. The van der Waals surface area contributed by atoms with Crippen molar-refractivity contribution in [3.63, 3.8) is 0 Å². The lowest BCUT2D eigenvalue weighted by Crippen LogP contribution is -2.21. The number of anilines is 1. The van der Waals surface area contributed by atoms with Gasteiger partial charge in [0.05, 0.1) is 0 Å². The maximum atomic E-state index is 5.44. The number of rotatable bonds is 4. The van der Waals surface area contributed by atoms with E-state index in [9.17, 15) is 0 Å². The van der Waals surface area contributed by atoms with Crippen molar-refractivity contribution < 1.29 is 4.52 Å². The highest BCUT2D eigenvalue weighted by atomic mass is 16.5. The van der Waals surface area contributed by atoms with Crippen molar-refractivity contribution >= 4 is 6.01 Å². The zero-order valence-electron chi connectivity index (χ0n) is 9.95. The third-order valence-electron chi connectivity index (χ3n) is 2.11. The summed E-state index contributed by atoms with van der Waals surface area (Å²) in [5.74, 6) is 0.733. The molecule has 1 heterocycles. The van der Waals surface area contributed by atoms with Gasteiger partial charge in [-0.1, -0.05) is 25.9 Å². The van der Waals surface area contributed by atoms with Crippen LogP contribution >= 0.6 is 0 Å². The molecule has 0 saturated heterocycles. The summed E-state index contributed by atoms with van der Waals surface area (Å²) in [7, 11) is 1.93. The van der Waals surface area contributed by atoms with Gasteiger partial charge in [-0.05, 0) is 13.0 Å². The normalized spacial score (nSPS) is 11.8. The van der Waals surface area contributed by atoms with Crippen LogP contribution in [0.5, 0.6) is 0 Å². The quantitative estimate of drug-likeness (QED) is 0.811. The molecule has 1 aromatic heterocycles. The first kappa shape index (κ1) is 12.0. The number of nitrogens with two attached hydrogens (primary N) is 1. The largest absolute Gasteiger partial charge is 0.330 e. The fourth-order valence-corrected chi connectivity index (χ4v) is 1.10. The standard InChI is InChI=1S/C10H20N4O/c1-10(2,3)8-12-9(15-13-8)14(4)7-5-6-11/h5-7,11H2,1-4H3. The van der Waals surface area contributed by atoms with Crippen LogP contribution in [0.15, 0.2) is 4.52 Å². The van der Waals surface area contributed by atoms with Gasteiger partial charge in [0.2, 0.25) is 0 Å². The molecule has 0 amide bonds. The average molecular weight is 212 g/mol. The average Bonchev–Trinajstić information content (AvgIpc) is 2.62. The molecule has 0 atom stereocenters. The van der Waals surface area contributed by atoms with E-state index in [1.807, 2.05) is 11.9 Å². The molecule has 1 rings (SSSR count). The molecule has 0 spiro atoms. The van der Waals surface area contributed by atoms with E-state index in [2.05, 4.69) is 30.9 Å². The van der Waals surface area contributed by atoms with Crippen molar-refractivity contribution in [2.24, 2.45) is 5.73 Å². The molecule has 5 nitrogen and oxygen atoms in total. The lowest BCUT2D eigenvalue weighted by Gasteiger charge is -2.13. The summed E-state index contributed by atoms with van der Waals surface area (Å²) in [6, 6.07) is 0.563. The second-order valence-electron chi connectivity index (χ2n) is 4.71. The van der Waals surface area contributed by atoms with Gasteiger partial charge in [0.15, 0.2) is 5.82 Å². The molecule has 15 heavy (non-hydrogen) atoms. The highest BCUT2D eigenvalue weighted by Gasteiger charge is 2.21. The minimum Gasteiger partial charge on any atom is -0.330 e. The van der Waals surface area contributed by atoms with Gasteiger partial charge in [-0.3, -0.25) is 0 Å². The third-order valence-corrected chi connectivity index (χ3v) is 2.11. The van der Waals surface area contributed by atoms with Gasteiger partial charge < -0.3 is 15.2 Å². The Morgan fingerprint density at radius 2 is 2.07 bits per heavy atom. The fourth-order valence-electron chi connectivity index (χ4n) is 1.10. The van der Waals surface area contributed by atoms with E-state index >= 15 is 0 Å². The molecule has 0 unspecified atom stereocenters. The zero-order chi connectivity index (χ0) is 11.5. The molecule has 5 heteroatoms. The van der Waals surface area contributed by atoms with Crippen molar-refractivity contribution in [2.75, 3.05) is 25.0 Å². The maximum Gasteiger partial charge on any atom is 0.323 e. The summed E-state index contributed by atoms with van der Waals surface area (Å²) >= 11 is 0. The first-order valence-electron chi connectivity index (χ1n) is 5.20. The number of nitrogens with zero attached hydrogens (tertiary/aromatic N) is 3. The Morgan fingerprint density at radius 3 is 2.53 bits per heavy atom. The lowest BCUT2D eigenvalue weighted by atomic mass is 9.96. The van der Waals surface area contributed by atoms with E-state index in [-0.39, 0.29) is 5.41 Å². The molecule has 2 N–H and O–H groups in total. The van der Waals surface area contributed by atoms with Crippen molar-refractivity contribution in [1.82, 2.24) is 10.1 Å². The molecule has 0 aliphatic rings. The third kappa shape index (κ3) is 3.20. The van der Waals surface area contributed by atoms with Crippen LogP contribution in [0.1, 0.15) is 33.0 Å². The second-order valence-corrected chi connectivity index (χ2v) is 4.71. The predicted octanol–water partition coefficient (Wildman–Crippen LogP) is 1.15. The molecule has 0 fully saturated rings. The van der Waals surface area contributed by atoms with E-state index in [1.54, 1.807) is 0 Å². The predicted molar refractivity (Wildman–Crippen MR) is 59.9 cm³/mol. The molecule has 0 radical (unpaired) electrons. The van der Waals surface area contributed by atoms with Gasteiger partial charge in [-0.25, -0.2) is 0 Å². The molecule has 0 saturated carbocycles. The Hall–Kier alpha value is -1.10. The van der Waals surface area contributed by atoms with Gasteiger partial charge >= 0.3 is 6.01 Å². The summed E-state index contributed by atoms with van der Waals surface area (Å²) in [4.78, 5) is 6.27. The highest BCUT2D eigenvalue weighted by Crippen LogP contribution is 2.21. The van der Waals surface area contributed by atoms with Crippen molar-refractivity contribution in [1.29, 1.82) is 0 Å². The van der Waals surface area contributed by atoms with Crippen LogP contribution in [-0.2, 0) is 5.41 Å². The second kappa shape index (κ2) is 4.61. The van der Waals surface area contributed by atoms with E-state index in [0.29, 0.717) is 12.6 Å². The van der Waals surface area contributed by atoms with Gasteiger partial charge in [-0.2, -0.15) is 4.98 Å². The van der Waals surface area contributed by atoms with Crippen molar-refractivity contribution in [2.45, 2.75) is 32.6 Å². The topological polar surface area (TPSA) is 68.2 Å². The Balaban J connectivity index is 2.67. The molecular formula is C10H20N4O. The molecule has 0 aliphatic heterocycles. The fraction of sp³-hybridized carbons (Fsp3) is 0.800. The number of hydrogen-bond acceptors (Lipinski definition) is 5. The van der Waals surface area contributed by atoms with E-state index in [0.717, 1.165) is 18.8 Å². The monoisotopic (exact) mass is 212 g/mol. The molecule has 1 aromatic rings. The van der Waals surface area contributed by atoms with Gasteiger partial charge in [0, 0.05) is 19.0 Å². The first-order valence-corrected chi connectivity index (χ1v) is 5.20. The molecule has 0 aliphatic carbocycles. The maximum absolute atomic E-state index is 5.44. The van der Waals surface area contributed by atoms with E-state index in [1.165, 1.54) is 0 Å². The summed E-state index contributed by atoms with van der Waals surface area (Å²) in [5, 5.41) is 3.96. The summed E-state index contributed by atoms with van der Waals surface area (Å²) in [6.07, 6.45) is 0.920. The number of aromatic nitrogens is 2. The van der Waals surface area contributed by atoms with Crippen LogP contribution in [0, 0.1) is 0 Å². The molecular weight excluding hydrogens is 192 g/mol. The lowest BCUT2D eigenvalue weighted by molar-refractivity contribution is 0.393. The summed E-state index contributed by atoms with van der Waals surface area (Å²) in [6.45, 7) is 7.68. The van der Waals surface area contributed by atoms with Gasteiger partial charge in [0.25, 0.3) is 0 Å². The highest BCUT2D eigenvalue weighted by molar-refractivity contribution is 5.24. The Kier molecular flexibility index (Phi) is 3.68. The van der Waals surface area contributed by atoms with Crippen LogP contribution in [0.2, 0.25) is 0 Å². The van der Waals surface area contributed by atoms with Crippen LogP contribution < -0.4 is 10.6 Å². The van der Waals surface area contributed by atoms with Crippen LogP contribution in [0.4, 0.5) is 6.01 Å². The van der Waals surface area contributed by atoms with Gasteiger partial charge in [-0.15, -0.1) is 0 Å². The summed E-state index contributed by atoms with van der Waals surface area (Å²) in [5.41, 5.74) is 5.36.